The minimum Gasteiger partial charge on any atom is -0.343 e. The van der Waals surface area contributed by atoms with E-state index in [0.717, 1.165) is 24.1 Å². The largest absolute Gasteiger partial charge is 0.343 e. The van der Waals surface area contributed by atoms with E-state index < -0.39 is 0 Å². The highest BCUT2D eigenvalue weighted by atomic mass is 16.2. The highest BCUT2D eigenvalue weighted by Crippen LogP contribution is 2.27. The quantitative estimate of drug-likeness (QED) is 0.747. The molecule has 0 unspecified atom stereocenters. The van der Waals surface area contributed by atoms with Crippen LogP contribution in [0.15, 0.2) is 60.7 Å². The summed E-state index contributed by atoms with van der Waals surface area (Å²) >= 11 is 0. The number of nitrogens with one attached hydrogen (secondary N) is 1. The highest BCUT2D eigenvalue weighted by Gasteiger charge is 2.24. The molecule has 4 rings (SSSR count). The molecule has 29 heavy (non-hydrogen) atoms. The molecule has 0 aliphatic carbocycles. The minimum atomic E-state index is -0.229. The van der Waals surface area contributed by atoms with E-state index >= 15 is 0 Å². The molecule has 0 saturated carbocycles. The van der Waals surface area contributed by atoms with E-state index in [2.05, 4.69) is 17.4 Å². The number of rotatable bonds is 4. The lowest BCUT2D eigenvalue weighted by atomic mass is 10.0. The van der Waals surface area contributed by atoms with Crippen molar-refractivity contribution in [1.82, 2.24) is 20.0 Å². The summed E-state index contributed by atoms with van der Waals surface area (Å²) in [6, 6.07) is 19.1. The van der Waals surface area contributed by atoms with Crippen LogP contribution in [0, 0.1) is 0 Å². The van der Waals surface area contributed by atoms with Gasteiger partial charge in [0, 0.05) is 48.9 Å². The van der Waals surface area contributed by atoms with Crippen LogP contribution in [0.5, 0.6) is 0 Å². The van der Waals surface area contributed by atoms with Crippen molar-refractivity contribution in [2.24, 2.45) is 7.05 Å². The number of carbonyl (C=O) groups excluding carboxylic acids is 2. The summed E-state index contributed by atoms with van der Waals surface area (Å²) < 4.78 is 1.93. The van der Waals surface area contributed by atoms with Crippen LogP contribution in [0.25, 0.3) is 11.3 Å². The maximum absolute atomic E-state index is 12.7. The molecule has 0 fully saturated rings. The molecule has 2 aromatic carbocycles. The maximum Gasteiger partial charge on any atom is 0.251 e. The zero-order valence-electron chi connectivity index (χ0n) is 16.5. The van der Waals surface area contributed by atoms with Crippen LogP contribution in [0.1, 0.15) is 21.6 Å². The Morgan fingerprint density at radius 1 is 0.966 bits per heavy atom. The second-order valence-electron chi connectivity index (χ2n) is 7.19. The fourth-order valence-electron chi connectivity index (χ4n) is 3.81. The summed E-state index contributed by atoms with van der Waals surface area (Å²) in [6.07, 6.45) is 1.51. The normalized spacial score (nSPS) is 13.5. The van der Waals surface area contributed by atoms with Crippen molar-refractivity contribution in [3.8, 4) is 11.3 Å². The fourth-order valence-corrected chi connectivity index (χ4v) is 3.81. The van der Waals surface area contributed by atoms with Gasteiger partial charge >= 0.3 is 0 Å². The molecule has 1 aliphatic rings. The number of aromatic nitrogens is 2. The number of hydrogen-bond donors (Lipinski definition) is 1. The Labute approximate surface area is 170 Å². The highest BCUT2D eigenvalue weighted by molar-refractivity contribution is 5.96. The molecule has 0 bridgehead atoms. The van der Waals surface area contributed by atoms with Gasteiger partial charge < -0.3 is 10.2 Å². The van der Waals surface area contributed by atoms with Crippen molar-refractivity contribution in [3.05, 3.63) is 77.5 Å². The molecule has 148 valence electrons. The monoisotopic (exact) mass is 388 g/mol. The lowest BCUT2D eigenvalue weighted by molar-refractivity contribution is -0.130. The van der Waals surface area contributed by atoms with Gasteiger partial charge in [0.05, 0.1) is 12.2 Å². The van der Waals surface area contributed by atoms with E-state index in [4.69, 9.17) is 5.10 Å². The smallest absolute Gasteiger partial charge is 0.251 e. The maximum atomic E-state index is 12.7. The van der Waals surface area contributed by atoms with Gasteiger partial charge in [0.2, 0.25) is 5.91 Å². The van der Waals surface area contributed by atoms with E-state index in [1.165, 1.54) is 11.3 Å². The first-order valence-electron chi connectivity index (χ1n) is 9.84. The van der Waals surface area contributed by atoms with Crippen LogP contribution in [-0.4, -0.2) is 46.1 Å². The van der Waals surface area contributed by atoms with E-state index in [0.29, 0.717) is 18.7 Å². The molecule has 1 aromatic heterocycles. The van der Waals surface area contributed by atoms with Crippen LogP contribution in [0.2, 0.25) is 0 Å². The molecule has 0 atom stereocenters. The standard InChI is InChI=1S/C23H24N4O2/c1-26-20-13-15-27(21(28)16-24-23(29)18-10-6-3-7-11-18)14-12-19(20)22(25-26)17-8-4-2-5-9-17/h2-11H,12-16H2,1H3,(H,24,29). The van der Waals surface area contributed by atoms with Gasteiger partial charge in [-0.1, -0.05) is 48.5 Å². The second kappa shape index (κ2) is 8.31. The number of amides is 2. The average molecular weight is 388 g/mol. The molecular formula is C23H24N4O2. The third-order valence-corrected chi connectivity index (χ3v) is 5.36. The van der Waals surface area contributed by atoms with E-state index in [-0.39, 0.29) is 18.4 Å². The van der Waals surface area contributed by atoms with Crippen molar-refractivity contribution >= 4 is 11.8 Å². The van der Waals surface area contributed by atoms with E-state index in [9.17, 15) is 9.59 Å². The van der Waals surface area contributed by atoms with Crippen molar-refractivity contribution in [2.45, 2.75) is 12.8 Å². The zero-order chi connectivity index (χ0) is 20.2. The molecule has 1 aliphatic heterocycles. The molecule has 6 heteroatoms. The Hall–Kier alpha value is -3.41. The molecule has 3 aromatic rings. The van der Waals surface area contributed by atoms with Crippen LogP contribution in [-0.2, 0) is 24.7 Å². The predicted molar refractivity (Wildman–Crippen MR) is 111 cm³/mol. The van der Waals surface area contributed by atoms with Gasteiger partial charge in [0.25, 0.3) is 5.91 Å². The summed E-state index contributed by atoms with van der Waals surface area (Å²) in [5.41, 5.74) is 5.03. The Kier molecular flexibility index (Phi) is 5.42. The lowest BCUT2D eigenvalue weighted by Crippen LogP contribution is -2.41. The van der Waals surface area contributed by atoms with Crippen molar-refractivity contribution in [3.63, 3.8) is 0 Å². The Morgan fingerprint density at radius 3 is 2.34 bits per heavy atom. The van der Waals surface area contributed by atoms with Crippen LogP contribution < -0.4 is 5.32 Å². The third-order valence-electron chi connectivity index (χ3n) is 5.36. The first-order valence-corrected chi connectivity index (χ1v) is 9.84. The molecule has 0 spiro atoms. The molecular weight excluding hydrogens is 364 g/mol. The third kappa shape index (κ3) is 4.06. The van der Waals surface area contributed by atoms with Gasteiger partial charge in [-0.05, 0) is 18.6 Å². The van der Waals surface area contributed by atoms with Gasteiger partial charge in [-0.25, -0.2) is 0 Å². The fraction of sp³-hybridized carbons (Fsp3) is 0.261. The summed E-state index contributed by atoms with van der Waals surface area (Å²) in [5.74, 6) is -0.288. The van der Waals surface area contributed by atoms with Crippen molar-refractivity contribution < 1.29 is 9.59 Å². The first-order chi connectivity index (χ1) is 14.1. The Bertz CT molecular complexity index is 1010. The molecule has 0 radical (unpaired) electrons. The lowest BCUT2D eigenvalue weighted by Gasteiger charge is -2.20. The summed E-state index contributed by atoms with van der Waals surface area (Å²) in [4.78, 5) is 26.7. The summed E-state index contributed by atoms with van der Waals surface area (Å²) in [7, 11) is 1.96. The van der Waals surface area contributed by atoms with E-state index in [1.54, 1.807) is 24.3 Å². The van der Waals surface area contributed by atoms with Gasteiger partial charge in [-0.2, -0.15) is 5.10 Å². The molecule has 1 N–H and O–H groups in total. The Balaban J connectivity index is 1.42. The molecule has 6 nitrogen and oxygen atoms in total. The van der Waals surface area contributed by atoms with E-state index in [1.807, 2.05) is 40.9 Å². The number of hydrogen-bond acceptors (Lipinski definition) is 3. The van der Waals surface area contributed by atoms with Crippen LogP contribution in [0.4, 0.5) is 0 Å². The number of fused-ring (bicyclic) bond motifs is 1. The Morgan fingerprint density at radius 2 is 1.62 bits per heavy atom. The van der Waals surface area contributed by atoms with Gasteiger partial charge in [-0.3, -0.25) is 14.3 Å². The van der Waals surface area contributed by atoms with Gasteiger partial charge in [0.15, 0.2) is 0 Å². The van der Waals surface area contributed by atoms with Crippen molar-refractivity contribution in [1.29, 1.82) is 0 Å². The zero-order valence-corrected chi connectivity index (χ0v) is 16.5. The van der Waals surface area contributed by atoms with Crippen LogP contribution in [0.3, 0.4) is 0 Å². The second-order valence-corrected chi connectivity index (χ2v) is 7.19. The first kappa shape index (κ1) is 18.9. The topological polar surface area (TPSA) is 67.2 Å². The number of carbonyl (C=O) groups is 2. The number of aryl methyl sites for hydroxylation is 1. The van der Waals surface area contributed by atoms with Crippen molar-refractivity contribution in [2.75, 3.05) is 19.6 Å². The SMILES string of the molecule is Cn1nc(-c2ccccc2)c2c1CCN(C(=O)CNC(=O)c1ccccc1)CC2. The molecule has 2 amide bonds. The average Bonchev–Trinajstić information content (AvgIpc) is 2.93. The van der Waals surface area contributed by atoms with Crippen LogP contribution >= 0.6 is 0 Å². The van der Waals surface area contributed by atoms with Gasteiger partial charge in [-0.15, -0.1) is 0 Å². The number of nitrogens with zero attached hydrogens (tertiary/aromatic N) is 3. The summed E-state index contributed by atoms with van der Waals surface area (Å²) in [6.45, 7) is 1.26. The van der Waals surface area contributed by atoms with Gasteiger partial charge in [0.1, 0.15) is 0 Å². The summed E-state index contributed by atoms with van der Waals surface area (Å²) in [5, 5.41) is 7.46. The minimum absolute atomic E-state index is 0.00780. The predicted octanol–water partition coefficient (Wildman–Crippen LogP) is 2.44. The molecule has 0 saturated heterocycles. The molecule has 2 heterocycles. The number of benzene rings is 2.